The molecule has 0 radical (unpaired) electrons. The molecule has 1 heteroatoms. The third kappa shape index (κ3) is 4.45. The molecule has 0 atom stereocenters. The van der Waals surface area contributed by atoms with Crippen LogP contribution in [0.4, 0.5) is 0 Å². The van der Waals surface area contributed by atoms with Gasteiger partial charge in [-0.15, -0.1) is 0 Å². The predicted octanol–water partition coefficient (Wildman–Crippen LogP) is 2.82. The number of carbonyl (C=O) groups excluding carboxylic acids is 1. The highest BCUT2D eigenvalue weighted by molar-refractivity contribution is 5.91. The van der Waals surface area contributed by atoms with E-state index in [4.69, 9.17) is 0 Å². The number of rotatable bonds is 5. The van der Waals surface area contributed by atoms with Crippen molar-refractivity contribution in [2.45, 2.75) is 13.3 Å². The van der Waals surface area contributed by atoms with E-state index in [0.29, 0.717) is 6.42 Å². The lowest BCUT2D eigenvalue weighted by Gasteiger charge is -1.95. The summed E-state index contributed by atoms with van der Waals surface area (Å²) in [5.74, 6) is 0.0289. The SMILES string of the molecule is C=C/C=C(\C=C/C)CC(=O)C=C. The van der Waals surface area contributed by atoms with E-state index in [2.05, 4.69) is 13.2 Å². The average Bonchev–Trinajstić information content (AvgIpc) is 2.05. The quantitative estimate of drug-likeness (QED) is 0.448. The molecule has 0 rings (SSSR count). The van der Waals surface area contributed by atoms with E-state index < -0.39 is 0 Å². The Morgan fingerprint density at radius 2 is 2.08 bits per heavy atom. The lowest BCUT2D eigenvalue weighted by Crippen LogP contribution is -1.92. The van der Waals surface area contributed by atoms with Gasteiger partial charge in [0, 0.05) is 6.42 Å². The monoisotopic (exact) mass is 162 g/mol. The smallest absolute Gasteiger partial charge is 0.159 e. The Morgan fingerprint density at radius 1 is 1.42 bits per heavy atom. The third-order valence-corrected chi connectivity index (χ3v) is 1.32. The Labute approximate surface area is 73.8 Å². The summed E-state index contributed by atoms with van der Waals surface area (Å²) >= 11 is 0. The highest BCUT2D eigenvalue weighted by Gasteiger charge is 1.97. The predicted molar refractivity (Wildman–Crippen MR) is 52.9 cm³/mol. The number of hydrogen-bond acceptors (Lipinski definition) is 1. The maximum atomic E-state index is 10.9. The van der Waals surface area contributed by atoms with E-state index in [1.807, 2.05) is 25.2 Å². The van der Waals surface area contributed by atoms with Crippen molar-refractivity contribution in [2.75, 3.05) is 0 Å². The van der Waals surface area contributed by atoms with E-state index in [0.717, 1.165) is 5.57 Å². The van der Waals surface area contributed by atoms with Crippen LogP contribution in [0.1, 0.15) is 13.3 Å². The van der Waals surface area contributed by atoms with Crippen LogP contribution in [-0.2, 0) is 4.79 Å². The molecule has 12 heavy (non-hydrogen) atoms. The van der Waals surface area contributed by atoms with E-state index in [-0.39, 0.29) is 5.78 Å². The summed E-state index contributed by atoms with van der Waals surface area (Å²) in [5.41, 5.74) is 0.956. The van der Waals surface area contributed by atoms with Crippen molar-refractivity contribution in [3.8, 4) is 0 Å². The molecule has 0 spiro atoms. The van der Waals surface area contributed by atoms with Crippen LogP contribution in [0, 0.1) is 0 Å². The van der Waals surface area contributed by atoms with Gasteiger partial charge in [0.2, 0.25) is 0 Å². The second-order valence-electron chi connectivity index (χ2n) is 2.32. The van der Waals surface area contributed by atoms with Crippen molar-refractivity contribution in [1.29, 1.82) is 0 Å². The number of ketones is 1. The fraction of sp³-hybridized carbons (Fsp3) is 0.182. The van der Waals surface area contributed by atoms with Crippen molar-refractivity contribution < 1.29 is 4.79 Å². The summed E-state index contributed by atoms with van der Waals surface area (Å²) in [6, 6.07) is 0. The standard InChI is InChI=1S/C11H14O/c1-4-7-10(8-5-2)9-11(12)6-3/h4-8H,1,3,9H2,2H3/b8-5-,10-7+. The summed E-state index contributed by atoms with van der Waals surface area (Å²) in [6.07, 6.45) is 9.02. The zero-order valence-corrected chi connectivity index (χ0v) is 7.42. The van der Waals surface area contributed by atoms with Crippen LogP contribution in [0.15, 0.2) is 49.1 Å². The number of allylic oxidation sites excluding steroid dienone is 6. The van der Waals surface area contributed by atoms with Gasteiger partial charge in [-0.25, -0.2) is 0 Å². The molecule has 0 fully saturated rings. The van der Waals surface area contributed by atoms with Gasteiger partial charge in [0.25, 0.3) is 0 Å². The molecule has 64 valence electrons. The highest BCUT2D eigenvalue weighted by atomic mass is 16.1. The number of hydrogen-bond donors (Lipinski definition) is 0. The fourth-order valence-electron chi connectivity index (χ4n) is 0.812. The molecule has 1 nitrogen and oxygen atoms in total. The van der Waals surface area contributed by atoms with Gasteiger partial charge in [0.1, 0.15) is 0 Å². The molecule has 0 saturated carbocycles. The van der Waals surface area contributed by atoms with Crippen LogP contribution in [0.3, 0.4) is 0 Å². The minimum Gasteiger partial charge on any atom is -0.295 e. The first kappa shape index (κ1) is 10.6. The molecule has 0 aromatic carbocycles. The van der Waals surface area contributed by atoms with Crippen LogP contribution >= 0.6 is 0 Å². The van der Waals surface area contributed by atoms with Gasteiger partial charge in [-0.3, -0.25) is 4.79 Å². The molecular formula is C11H14O. The fourth-order valence-corrected chi connectivity index (χ4v) is 0.812. The van der Waals surface area contributed by atoms with E-state index in [1.54, 1.807) is 6.08 Å². The summed E-state index contributed by atoms with van der Waals surface area (Å²) in [7, 11) is 0. The van der Waals surface area contributed by atoms with Crippen LogP contribution in [-0.4, -0.2) is 5.78 Å². The Bertz CT molecular complexity index is 231. The molecule has 0 amide bonds. The molecule has 0 aromatic heterocycles. The maximum Gasteiger partial charge on any atom is 0.159 e. The van der Waals surface area contributed by atoms with Gasteiger partial charge >= 0.3 is 0 Å². The Hall–Kier alpha value is -1.37. The first-order valence-corrected chi connectivity index (χ1v) is 3.84. The van der Waals surface area contributed by atoms with Gasteiger partial charge in [-0.05, 0) is 18.6 Å². The third-order valence-electron chi connectivity index (χ3n) is 1.32. The molecule has 0 aliphatic carbocycles. The van der Waals surface area contributed by atoms with Crippen molar-refractivity contribution in [3.05, 3.63) is 49.1 Å². The minimum atomic E-state index is 0.0289. The highest BCUT2D eigenvalue weighted by Crippen LogP contribution is 2.04. The molecule has 0 unspecified atom stereocenters. The summed E-state index contributed by atoms with van der Waals surface area (Å²) in [5, 5.41) is 0. The molecule has 0 heterocycles. The average molecular weight is 162 g/mol. The topological polar surface area (TPSA) is 17.1 Å². The van der Waals surface area contributed by atoms with Gasteiger partial charge in [-0.2, -0.15) is 0 Å². The molecular weight excluding hydrogens is 148 g/mol. The second kappa shape index (κ2) is 6.35. The number of carbonyl (C=O) groups is 1. The minimum absolute atomic E-state index is 0.0289. The summed E-state index contributed by atoms with van der Waals surface area (Å²) in [4.78, 5) is 10.9. The summed E-state index contributed by atoms with van der Waals surface area (Å²) < 4.78 is 0. The molecule has 0 bridgehead atoms. The van der Waals surface area contributed by atoms with Crippen molar-refractivity contribution in [2.24, 2.45) is 0 Å². The molecule has 0 N–H and O–H groups in total. The lowest BCUT2D eigenvalue weighted by molar-refractivity contribution is -0.113. The second-order valence-corrected chi connectivity index (χ2v) is 2.32. The van der Waals surface area contributed by atoms with Crippen molar-refractivity contribution in [1.82, 2.24) is 0 Å². The normalized spacial score (nSPS) is 11.6. The first-order valence-electron chi connectivity index (χ1n) is 3.84. The van der Waals surface area contributed by atoms with Gasteiger partial charge in [0.15, 0.2) is 5.78 Å². The zero-order valence-electron chi connectivity index (χ0n) is 7.42. The Kier molecular flexibility index (Phi) is 5.62. The lowest BCUT2D eigenvalue weighted by atomic mass is 10.1. The molecule has 0 aromatic rings. The van der Waals surface area contributed by atoms with E-state index in [9.17, 15) is 4.79 Å². The zero-order chi connectivity index (χ0) is 9.40. The largest absolute Gasteiger partial charge is 0.295 e. The first-order chi connectivity index (χ1) is 5.74. The molecule has 0 saturated heterocycles. The molecule has 0 aliphatic rings. The van der Waals surface area contributed by atoms with Crippen LogP contribution in [0.5, 0.6) is 0 Å². The van der Waals surface area contributed by atoms with Gasteiger partial charge in [0.05, 0.1) is 0 Å². The molecule has 0 aliphatic heterocycles. The maximum absolute atomic E-state index is 10.9. The van der Waals surface area contributed by atoms with Crippen molar-refractivity contribution >= 4 is 5.78 Å². The van der Waals surface area contributed by atoms with Crippen LogP contribution in [0.2, 0.25) is 0 Å². The Morgan fingerprint density at radius 3 is 2.50 bits per heavy atom. The van der Waals surface area contributed by atoms with Crippen molar-refractivity contribution in [3.63, 3.8) is 0 Å². The van der Waals surface area contributed by atoms with E-state index in [1.165, 1.54) is 6.08 Å². The van der Waals surface area contributed by atoms with E-state index >= 15 is 0 Å². The van der Waals surface area contributed by atoms with Gasteiger partial charge in [-0.1, -0.05) is 37.5 Å². The van der Waals surface area contributed by atoms with Gasteiger partial charge < -0.3 is 0 Å². The Balaban J connectivity index is 4.33. The van der Waals surface area contributed by atoms with Crippen LogP contribution in [0.25, 0.3) is 0 Å². The summed E-state index contributed by atoms with van der Waals surface area (Å²) in [6.45, 7) is 8.89. The van der Waals surface area contributed by atoms with Crippen LogP contribution < -0.4 is 0 Å².